The average Bonchev–Trinajstić information content (AvgIpc) is 3.24. The summed E-state index contributed by atoms with van der Waals surface area (Å²) < 4.78 is 1.92. The van der Waals surface area contributed by atoms with Crippen LogP contribution >= 0.6 is 0 Å². The Morgan fingerprint density at radius 3 is 2.65 bits per heavy atom. The van der Waals surface area contributed by atoms with E-state index in [-0.39, 0.29) is 5.91 Å². The monoisotopic (exact) mass is 306 g/mol. The van der Waals surface area contributed by atoms with Gasteiger partial charge < -0.3 is 5.32 Å². The SMILES string of the molecule is O=C(NC1CCCC1)c1ccc(-n2cnc3cccnc32)cc1. The molecule has 0 radical (unpaired) electrons. The van der Waals surface area contributed by atoms with Crippen LogP contribution in [0.4, 0.5) is 0 Å². The summed E-state index contributed by atoms with van der Waals surface area (Å²) in [6, 6.07) is 11.7. The van der Waals surface area contributed by atoms with Gasteiger partial charge in [-0.2, -0.15) is 0 Å². The maximum Gasteiger partial charge on any atom is 0.251 e. The lowest BCUT2D eigenvalue weighted by Gasteiger charge is -2.12. The highest BCUT2D eigenvalue weighted by Crippen LogP contribution is 2.19. The Balaban J connectivity index is 1.56. The second-order valence-corrected chi connectivity index (χ2v) is 5.96. The number of carbonyl (C=O) groups is 1. The Bertz CT molecular complexity index is 832. The van der Waals surface area contributed by atoms with Crippen LogP contribution in [0.3, 0.4) is 0 Å². The van der Waals surface area contributed by atoms with Crippen molar-refractivity contribution in [2.24, 2.45) is 0 Å². The molecule has 0 spiro atoms. The number of aromatic nitrogens is 3. The number of carbonyl (C=O) groups excluding carboxylic acids is 1. The minimum absolute atomic E-state index is 0.0112. The molecular formula is C18H18N4O. The van der Waals surface area contributed by atoms with Crippen LogP contribution in [0.5, 0.6) is 0 Å². The van der Waals surface area contributed by atoms with Gasteiger partial charge in [-0.3, -0.25) is 9.36 Å². The Hall–Kier alpha value is -2.69. The fourth-order valence-corrected chi connectivity index (χ4v) is 3.15. The third-order valence-corrected chi connectivity index (χ3v) is 4.40. The number of fused-ring (bicyclic) bond motifs is 1. The van der Waals surface area contributed by atoms with E-state index in [1.165, 1.54) is 12.8 Å². The molecular weight excluding hydrogens is 288 g/mol. The molecule has 0 saturated heterocycles. The van der Waals surface area contributed by atoms with E-state index < -0.39 is 0 Å². The van der Waals surface area contributed by atoms with Gasteiger partial charge in [0.15, 0.2) is 5.65 Å². The number of benzene rings is 1. The van der Waals surface area contributed by atoms with E-state index in [1.807, 2.05) is 41.0 Å². The van der Waals surface area contributed by atoms with Crippen LogP contribution in [0, 0.1) is 0 Å². The van der Waals surface area contributed by atoms with Crippen LogP contribution in [0.2, 0.25) is 0 Å². The Morgan fingerprint density at radius 1 is 1.09 bits per heavy atom. The van der Waals surface area contributed by atoms with Crippen molar-refractivity contribution in [3.63, 3.8) is 0 Å². The second kappa shape index (κ2) is 5.83. The molecule has 1 aliphatic rings. The fourth-order valence-electron chi connectivity index (χ4n) is 3.15. The number of nitrogens with one attached hydrogen (secondary N) is 1. The molecule has 2 heterocycles. The summed E-state index contributed by atoms with van der Waals surface area (Å²) in [5, 5.41) is 3.11. The van der Waals surface area contributed by atoms with Crippen LogP contribution < -0.4 is 5.32 Å². The Morgan fingerprint density at radius 2 is 1.87 bits per heavy atom. The summed E-state index contributed by atoms with van der Waals surface area (Å²) in [6.45, 7) is 0. The molecule has 116 valence electrons. The van der Waals surface area contributed by atoms with Gasteiger partial charge in [0.1, 0.15) is 11.8 Å². The van der Waals surface area contributed by atoms with Gasteiger partial charge in [-0.25, -0.2) is 9.97 Å². The van der Waals surface area contributed by atoms with E-state index in [9.17, 15) is 4.79 Å². The molecule has 1 N–H and O–H groups in total. The predicted octanol–water partition coefficient (Wildman–Crippen LogP) is 3.09. The fraction of sp³-hybridized carbons (Fsp3) is 0.278. The highest BCUT2D eigenvalue weighted by Gasteiger charge is 2.17. The summed E-state index contributed by atoms with van der Waals surface area (Å²) >= 11 is 0. The first-order valence-corrected chi connectivity index (χ1v) is 8.01. The summed E-state index contributed by atoms with van der Waals surface area (Å²) in [5.74, 6) is 0.0112. The normalized spacial score (nSPS) is 15.1. The highest BCUT2D eigenvalue weighted by atomic mass is 16.1. The number of amides is 1. The number of rotatable bonds is 3. The molecule has 1 fully saturated rings. The molecule has 1 saturated carbocycles. The van der Waals surface area contributed by atoms with E-state index in [0.717, 1.165) is 29.7 Å². The quantitative estimate of drug-likeness (QED) is 0.809. The first-order valence-electron chi connectivity index (χ1n) is 8.01. The molecule has 1 aromatic carbocycles. The maximum atomic E-state index is 12.3. The van der Waals surface area contributed by atoms with Crippen molar-refractivity contribution in [3.05, 3.63) is 54.5 Å². The Labute approximate surface area is 134 Å². The predicted molar refractivity (Wildman–Crippen MR) is 88.6 cm³/mol. The van der Waals surface area contributed by atoms with Crippen molar-refractivity contribution in [3.8, 4) is 5.69 Å². The zero-order chi connectivity index (χ0) is 15.6. The largest absolute Gasteiger partial charge is 0.349 e. The molecule has 0 bridgehead atoms. The number of hydrogen-bond acceptors (Lipinski definition) is 3. The van der Waals surface area contributed by atoms with Crippen LogP contribution in [0.15, 0.2) is 48.9 Å². The lowest BCUT2D eigenvalue weighted by atomic mass is 10.1. The first kappa shape index (κ1) is 13.9. The van der Waals surface area contributed by atoms with E-state index in [0.29, 0.717) is 11.6 Å². The summed E-state index contributed by atoms with van der Waals surface area (Å²) in [7, 11) is 0. The number of pyridine rings is 1. The van der Waals surface area contributed by atoms with Crippen LogP contribution in [0.25, 0.3) is 16.9 Å². The molecule has 1 aliphatic carbocycles. The van der Waals surface area contributed by atoms with Gasteiger partial charge in [-0.05, 0) is 49.2 Å². The Kier molecular flexibility index (Phi) is 3.54. The van der Waals surface area contributed by atoms with Crippen molar-refractivity contribution >= 4 is 17.1 Å². The molecule has 0 unspecified atom stereocenters. The number of hydrogen-bond donors (Lipinski definition) is 1. The van der Waals surface area contributed by atoms with E-state index in [4.69, 9.17) is 0 Å². The van der Waals surface area contributed by atoms with Gasteiger partial charge in [0.25, 0.3) is 5.91 Å². The van der Waals surface area contributed by atoms with Crippen molar-refractivity contribution in [2.45, 2.75) is 31.7 Å². The minimum Gasteiger partial charge on any atom is -0.349 e. The summed E-state index contributed by atoms with van der Waals surface area (Å²) in [4.78, 5) is 21.0. The van der Waals surface area contributed by atoms with E-state index >= 15 is 0 Å². The topological polar surface area (TPSA) is 59.8 Å². The van der Waals surface area contributed by atoms with E-state index in [1.54, 1.807) is 12.5 Å². The van der Waals surface area contributed by atoms with Crippen LogP contribution in [-0.4, -0.2) is 26.5 Å². The van der Waals surface area contributed by atoms with Gasteiger partial charge >= 0.3 is 0 Å². The molecule has 5 nitrogen and oxygen atoms in total. The summed E-state index contributed by atoms with van der Waals surface area (Å²) in [5.41, 5.74) is 3.31. The zero-order valence-corrected chi connectivity index (χ0v) is 12.8. The van der Waals surface area contributed by atoms with Gasteiger partial charge in [-0.1, -0.05) is 12.8 Å². The van der Waals surface area contributed by atoms with E-state index in [2.05, 4.69) is 15.3 Å². The first-order chi connectivity index (χ1) is 11.3. The minimum atomic E-state index is 0.0112. The van der Waals surface area contributed by atoms with Gasteiger partial charge in [-0.15, -0.1) is 0 Å². The molecule has 2 aromatic heterocycles. The third-order valence-electron chi connectivity index (χ3n) is 4.40. The standard InChI is InChI=1S/C18H18N4O/c23-18(21-14-4-1-2-5-14)13-7-9-15(10-8-13)22-12-20-16-6-3-11-19-17(16)22/h3,6-12,14H,1-2,4-5H2,(H,21,23). The molecule has 4 rings (SSSR count). The maximum absolute atomic E-state index is 12.3. The molecule has 0 atom stereocenters. The van der Waals surface area contributed by atoms with Gasteiger partial charge in [0, 0.05) is 23.5 Å². The molecule has 23 heavy (non-hydrogen) atoms. The van der Waals surface area contributed by atoms with Crippen molar-refractivity contribution < 1.29 is 4.79 Å². The average molecular weight is 306 g/mol. The highest BCUT2D eigenvalue weighted by molar-refractivity contribution is 5.94. The van der Waals surface area contributed by atoms with Crippen molar-refractivity contribution in [1.29, 1.82) is 0 Å². The van der Waals surface area contributed by atoms with Crippen molar-refractivity contribution in [2.75, 3.05) is 0 Å². The van der Waals surface area contributed by atoms with Crippen LogP contribution in [-0.2, 0) is 0 Å². The molecule has 3 aromatic rings. The third kappa shape index (κ3) is 2.70. The zero-order valence-electron chi connectivity index (χ0n) is 12.8. The molecule has 0 aliphatic heterocycles. The number of imidazole rings is 1. The lowest BCUT2D eigenvalue weighted by molar-refractivity contribution is 0.0938. The van der Waals surface area contributed by atoms with Gasteiger partial charge in [0.05, 0.1) is 0 Å². The smallest absolute Gasteiger partial charge is 0.251 e. The lowest BCUT2D eigenvalue weighted by Crippen LogP contribution is -2.32. The number of nitrogens with zero attached hydrogens (tertiary/aromatic N) is 3. The van der Waals surface area contributed by atoms with Crippen LogP contribution in [0.1, 0.15) is 36.0 Å². The summed E-state index contributed by atoms with van der Waals surface area (Å²) in [6.07, 6.45) is 8.12. The second-order valence-electron chi connectivity index (χ2n) is 5.96. The van der Waals surface area contributed by atoms with Crippen molar-refractivity contribution in [1.82, 2.24) is 19.9 Å². The molecule has 5 heteroatoms. The molecule has 1 amide bonds. The van der Waals surface area contributed by atoms with Gasteiger partial charge in [0.2, 0.25) is 0 Å².